The maximum Gasteiger partial charge on any atom is 0.144 e. The number of nitrogens with zero attached hydrogens (tertiary/aromatic N) is 2. The van der Waals surface area contributed by atoms with Crippen LogP contribution in [0.4, 0.5) is 4.39 Å². The second-order valence-electron chi connectivity index (χ2n) is 5.56. The molecule has 0 saturated heterocycles. The highest BCUT2D eigenvalue weighted by molar-refractivity contribution is 6.31. The molecule has 1 aromatic heterocycles. The number of hydrogen-bond donors (Lipinski definition) is 0. The highest BCUT2D eigenvalue weighted by Gasteiger charge is 2.20. The lowest BCUT2D eigenvalue weighted by Crippen LogP contribution is -2.10. The van der Waals surface area contributed by atoms with E-state index in [1.807, 2.05) is 6.92 Å². The van der Waals surface area contributed by atoms with Crippen LogP contribution in [0.2, 0.25) is 5.02 Å². The fourth-order valence-corrected chi connectivity index (χ4v) is 2.98. The van der Waals surface area contributed by atoms with Crippen molar-refractivity contribution in [2.45, 2.75) is 57.9 Å². The molecule has 2 atom stereocenters. The van der Waals surface area contributed by atoms with Crippen LogP contribution in [0.3, 0.4) is 0 Å². The highest BCUT2D eigenvalue weighted by atomic mass is 35.5. The summed E-state index contributed by atoms with van der Waals surface area (Å²) in [6.45, 7) is 6.22. The number of alkyl halides is 1. The molecule has 0 amide bonds. The van der Waals surface area contributed by atoms with E-state index in [0.717, 1.165) is 24.2 Å². The number of imidazole rings is 1. The van der Waals surface area contributed by atoms with Gasteiger partial charge in [0.2, 0.25) is 0 Å². The van der Waals surface area contributed by atoms with Crippen molar-refractivity contribution in [2.24, 2.45) is 0 Å². The smallest absolute Gasteiger partial charge is 0.144 e. The van der Waals surface area contributed by atoms with Crippen molar-refractivity contribution in [1.29, 1.82) is 0 Å². The van der Waals surface area contributed by atoms with Gasteiger partial charge in [0.05, 0.1) is 21.4 Å². The number of aromatic nitrogens is 2. The quantitative estimate of drug-likeness (QED) is 0.450. The van der Waals surface area contributed by atoms with E-state index >= 15 is 0 Å². The molecular formula is C16H21Cl2FN2. The van der Waals surface area contributed by atoms with Gasteiger partial charge in [-0.25, -0.2) is 9.37 Å². The van der Waals surface area contributed by atoms with E-state index in [4.69, 9.17) is 23.2 Å². The summed E-state index contributed by atoms with van der Waals surface area (Å²) in [6.07, 6.45) is 4.60. The molecule has 2 nitrogen and oxygen atoms in total. The van der Waals surface area contributed by atoms with E-state index in [9.17, 15) is 4.39 Å². The summed E-state index contributed by atoms with van der Waals surface area (Å²) in [6, 6.07) is 3.30. The Morgan fingerprint density at radius 1 is 1.29 bits per heavy atom. The lowest BCUT2D eigenvalue weighted by molar-refractivity contribution is 0.472. The van der Waals surface area contributed by atoms with Gasteiger partial charge in [-0.3, -0.25) is 0 Å². The molecule has 0 spiro atoms. The van der Waals surface area contributed by atoms with Crippen molar-refractivity contribution in [3.8, 4) is 0 Å². The standard InChI is InChI=1S/C16H21Cl2FN2/c1-4-5-6-7-10(2)21-15-8-12(18)13(19)9-14(15)20-16(21)11(3)17/h8-11H,4-7H2,1-3H3. The lowest BCUT2D eigenvalue weighted by atomic mass is 10.1. The number of fused-ring (bicyclic) bond motifs is 1. The zero-order valence-corrected chi connectivity index (χ0v) is 14.2. The molecule has 2 rings (SSSR count). The highest BCUT2D eigenvalue weighted by Crippen LogP contribution is 2.32. The molecule has 0 aliphatic carbocycles. The molecule has 0 radical (unpaired) electrons. The first-order chi connectivity index (χ1) is 9.95. The van der Waals surface area contributed by atoms with Crippen molar-refractivity contribution in [1.82, 2.24) is 9.55 Å². The van der Waals surface area contributed by atoms with Crippen LogP contribution in [0.25, 0.3) is 11.0 Å². The van der Waals surface area contributed by atoms with Crippen molar-refractivity contribution in [3.63, 3.8) is 0 Å². The second kappa shape index (κ2) is 6.97. The van der Waals surface area contributed by atoms with Gasteiger partial charge in [0.1, 0.15) is 11.6 Å². The topological polar surface area (TPSA) is 17.8 Å². The molecule has 116 valence electrons. The normalized spacial score (nSPS) is 14.6. The molecule has 5 heteroatoms. The Bertz CT molecular complexity index is 622. The first kappa shape index (κ1) is 16.6. The van der Waals surface area contributed by atoms with Crippen LogP contribution >= 0.6 is 23.2 Å². The second-order valence-corrected chi connectivity index (χ2v) is 6.62. The van der Waals surface area contributed by atoms with E-state index in [0.29, 0.717) is 5.52 Å². The maximum atomic E-state index is 13.6. The minimum Gasteiger partial charge on any atom is -0.324 e. The molecule has 0 fully saturated rings. The van der Waals surface area contributed by atoms with Gasteiger partial charge in [0, 0.05) is 12.1 Å². The lowest BCUT2D eigenvalue weighted by Gasteiger charge is -2.18. The van der Waals surface area contributed by atoms with Gasteiger partial charge in [0.25, 0.3) is 0 Å². The van der Waals surface area contributed by atoms with E-state index < -0.39 is 5.82 Å². The Hall–Kier alpha value is -0.800. The average Bonchev–Trinajstić information content (AvgIpc) is 2.78. The van der Waals surface area contributed by atoms with Gasteiger partial charge in [-0.1, -0.05) is 37.8 Å². The van der Waals surface area contributed by atoms with E-state index in [1.54, 1.807) is 6.07 Å². The van der Waals surface area contributed by atoms with Crippen LogP contribution in [0.1, 0.15) is 63.7 Å². The Labute approximate surface area is 135 Å². The number of halogens is 3. The maximum absolute atomic E-state index is 13.6. The zero-order chi connectivity index (χ0) is 15.6. The molecule has 0 saturated carbocycles. The minimum absolute atomic E-state index is 0.123. The van der Waals surface area contributed by atoms with Crippen LogP contribution in [0, 0.1) is 5.82 Å². The molecule has 1 aromatic carbocycles. The molecule has 0 aliphatic rings. The summed E-state index contributed by atoms with van der Waals surface area (Å²) >= 11 is 12.2. The van der Waals surface area contributed by atoms with Crippen molar-refractivity contribution in [2.75, 3.05) is 0 Å². The molecule has 0 bridgehead atoms. The summed E-state index contributed by atoms with van der Waals surface area (Å²) in [5.74, 6) is 0.332. The Morgan fingerprint density at radius 2 is 2.00 bits per heavy atom. The summed E-state index contributed by atoms with van der Waals surface area (Å²) in [4.78, 5) is 4.50. The van der Waals surface area contributed by atoms with Gasteiger partial charge < -0.3 is 4.57 Å². The van der Waals surface area contributed by atoms with Gasteiger partial charge >= 0.3 is 0 Å². The van der Waals surface area contributed by atoms with E-state index in [-0.39, 0.29) is 16.4 Å². The van der Waals surface area contributed by atoms with Crippen molar-refractivity contribution < 1.29 is 4.39 Å². The SMILES string of the molecule is CCCCCC(C)n1c(C(C)Cl)nc2cc(F)c(Cl)cc21. The van der Waals surface area contributed by atoms with Gasteiger partial charge in [-0.05, 0) is 26.3 Å². The summed E-state index contributed by atoms with van der Waals surface area (Å²) in [5, 5.41) is -0.106. The largest absolute Gasteiger partial charge is 0.324 e. The predicted octanol–water partition coefficient (Wildman–Crippen LogP) is 6.27. The minimum atomic E-state index is -0.443. The first-order valence-corrected chi connectivity index (χ1v) is 8.28. The van der Waals surface area contributed by atoms with Crippen molar-refractivity contribution in [3.05, 3.63) is 28.8 Å². The van der Waals surface area contributed by atoms with E-state index in [1.165, 1.54) is 18.9 Å². The van der Waals surface area contributed by atoms with Gasteiger partial charge in [0.15, 0.2) is 0 Å². The summed E-state index contributed by atoms with van der Waals surface area (Å²) in [5.41, 5.74) is 1.47. The number of unbranched alkanes of at least 4 members (excludes halogenated alkanes) is 2. The number of rotatable bonds is 6. The third-order valence-electron chi connectivity index (χ3n) is 3.78. The third kappa shape index (κ3) is 3.51. The van der Waals surface area contributed by atoms with Crippen LogP contribution in [0.15, 0.2) is 12.1 Å². The fourth-order valence-electron chi connectivity index (χ4n) is 2.67. The van der Waals surface area contributed by atoms with Gasteiger partial charge in [-0.2, -0.15) is 0 Å². The monoisotopic (exact) mass is 330 g/mol. The molecular weight excluding hydrogens is 310 g/mol. The van der Waals surface area contributed by atoms with Crippen LogP contribution in [-0.2, 0) is 0 Å². The zero-order valence-electron chi connectivity index (χ0n) is 12.7. The molecule has 0 N–H and O–H groups in total. The van der Waals surface area contributed by atoms with Gasteiger partial charge in [-0.15, -0.1) is 11.6 Å². The summed E-state index contributed by atoms with van der Waals surface area (Å²) < 4.78 is 15.7. The van der Waals surface area contributed by atoms with Crippen molar-refractivity contribution >= 4 is 34.2 Å². The molecule has 1 heterocycles. The molecule has 0 aliphatic heterocycles. The predicted molar refractivity (Wildman–Crippen MR) is 87.8 cm³/mol. The number of hydrogen-bond acceptors (Lipinski definition) is 1. The first-order valence-electron chi connectivity index (χ1n) is 7.46. The van der Waals surface area contributed by atoms with Crippen LogP contribution in [0.5, 0.6) is 0 Å². The molecule has 21 heavy (non-hydrogen) atoms. The van der Waals surface area contributed by atoms with Crippen LogP contribution < -0.4 is 0 Å². The fraction of sp³-hybridized carbons (Fsp3) is 0.562. The van der Waals surface area contributed by atoms with Crippen LogP contribution in [-0.4, -0.2) is 9.55 Å². The molecule has 2 unspecified atom stereocenters. The third-order valence-corrected chi connectivity index (χ3v) is 4.27. The average molecular weight is 331 g/mol. The number of benzene rings is 1. The Kier molecular flexibility index (Phi) is 5.50. The Morgan fingerprint density at radius 3 is 2.62 bits per heavy atom. The van der Waals surface area contributed by atoms with E-state index in [2.05, 4.69) is 23.4 Å². The summed E-state index contributed by atoms with van der Waals surface area (Å²) in [7, 11) is 0. The Balaban J connectivity index is 2.47. The molecule has 2 aromatic rings.